The summed E-state index contributed by atoms with van der Waals surface area (Å²) in [4.78, 5) is 29.1. The van der Waals surface area contributed by atoms with Crippen LogP contribution in [0, 0.1) is 13.8 Å². The van der Waals surface area contributed by atoms with Crippen LogP contribution in [-0.4, -0.2) is 32.4 Å². The first-order chi connectivity index (χ1) is 12.9. The van der Waals surface area contributed by atoms with E-state index in [1.807, 2.05) is 63.4 Å². The molecule has 6 nitrogen and oxygen atoms in total. The number of aromatic nitrogens is 2. The Morgan fingerprint density at radius 1 is 1.11 bits per heavy atom. The summed E-state index contributed by atoms with van der Waals surface area (Å²) in [5.41, 5.74) is 4.43. The summed E-state index contributed by atoms with van der Waals surface area (Å²) >= 11 is 0. The van der Waals surface area contributed by atoms with Gasteiger partial charge in [0, 0.05) is 11.8 Å². The van der Waals surface area contributed by atoms with Crippen LogP contribution in [0.25, 0.3) is 16.9 Å². The molecule has 2 aromatic heterocycles. The number of carbonyl (C=O) groups excluding carboxylic acids is 1. The fourth-order valence-corrected chi connectivity index (χ4v) is 3.05. The molecule has 0 bridgehead atoms. The number of hydrogen-bond acceptors (Lipinski definition) is 3. The molecule has 3 aromatic rings. The van der Waals surface area contributed by atoms with Gasteiger partial charge in [0.05, 0.1) is 0 Å². The summed E-state index contributed by atoms with van der Waals surface area (Å²) in [7, 11) is 0. The number of rotatable bonds is 6. The summed E-state index contributed by atoms with van der Waals surface area (Å²) in [6, 6.07) is 10.6. The maximum atomic E-state index is 13.0. The first kappa shape index (κ1) is 18.6. The number of aryl methyl sites for hydroxylation is 2. The lowest BCUT2D eigenvalue weighted by molar-refractivity contribution is -0.139. The zero-order chi connectivity index (χ0) is 19.6. The zero-order valence-corrected chi connectivity index (χ0v) is 15.7. The molecule has 2 heterocycles. The summed E-state index contributed by atoms with van der Waals surface area (Å²) in [6.07, 6.45) is 2.87. The van der Waals surface area contributed by atoms with Gasteiger partial charge in [0.25, 0.3) is 5.91 Å². The Kier molecular flexibility index (Phi) is 5.26. The molecule has 140 valence electrons. The van der Waals surface area contributed by atoms with Gasteiger partial charge in [-0.25, -0.2) is 9.78 Å². The normalized spacial score (nSPS) is 12.1. The Labute approximate surface area is 157 Å². The SMILES string of the molecule is CCCC(NC(=O)c1c(-c2ccc(C)cc2)nc2ccc(C)cn12)C(=O)O. The first-order valence-corrected chi connectivity index (χ1v) is 9.00. The van der Waals surface area contributed by atoms with Gasteiger partial charge < -0.3 is 10.4 Å². The number of aliphatic carboxylic acids is 1. The van der Waals surface area contributed by atoms with E-state index in [2.05, 4.69) is 10.3 Å². The molecule has 0 saturated carbocycles. The molecule has 0 aliphatic carbocycles. The van der Waals surface area contributed by atoms with E-state index in [1.54, 1.807) is 4.40 Å². The highest BCUT2D eigenvalue weighted by molar-refractivity contribution is 6.01. The minimum Gasteiger partial charge on any atom is -0.480 e. The quantitative estimate of drug-likeness (QED) is 0.699. The summed E-state index contributed by atoms with van der Waals surface area (Å²) in [6.45, 7) is 5.81. The third kappa shape index (κ3) is 3.84. The van der Waals surface area contributed by atoms with Gasteiger partial charge in [-0.1, -0.05) is 49.2 Å². The van der Waals surface area contributed by atoms with Gasteiger partial charge >= 0.3 is 5.97 Å². The van der Waals surface area contributed by atoms with Crippen molar-refractivity contribution in [3.05, 3.63) is 59.4 Å². The van der Waals surface area contributed by atoms with Crippen molar-refractivity contribution in [2.45, 2.75) is 39.7 Å². The van der Waals surface area contributed by atoms with Crippen LogP contribution >= 0.6 is 0 Å². The maximum Gasteiger partial charge on any atom is 0.326 e. The van der Waals surface area contributed by atoms with Gasteiger partial charge in [-0.15, -0.1) is 0 Å². The largest absolute Gasteiger partial charge is 0.480 e. The van der Waals surface area contributed by atoms with Crippen LogP contribution in [0.2, 0.25) is 0 Å². The average Bonchev–Trinajstić information content (AvgIpc) is 3.00. The average molecular weight is 365 g/mol. The lowest BCUT2D eigenvalue weighted by Gasteiger charge is -2.14. The second-order valence-electron chi connectivity index (χ2n) is 6.76. The van der Waals surface area contributed by atoms with E-state index in [-0.39, 0.29) is 0 Å². The van der Waals surface area contributed by atoms with E-state index >= 15 is 0 Å². The summed E-state index contributed by atoms with van der Waals surface area (Å²) in [5.74, 6) is -1.48. The number of imidazole rings is 1. The third-order valence-electron chi connectivity index (χ3n) is 4.49. The third-order valence-corrected chi connectivity index (χ3v) is 4.49. The highest BCUT2D eigenvalue weighted by Crippen LogP contribution is 2.25. The number of benzene rings is 1. The number of nitrogens with zero attached hydrogens (tertiary/aromatic N) is 2. The van der Waals surface area contributed by atoms with E-state index in [0.29, 0.717) is 29.9 Å². The number of carboxylic acid groups (broad SMARTS) is 1. The Morgan fingerprint density at radius 3 is 2.41 bits per heavy atom. The number of hydrogen-bond donors (Lipinski definition) is 2. The molecule has 1 atom stereocenters. The van der Waals surface area contributed by atoms with Crippen molar-refractivity contribution in [2.24, 2.45) is 0 Å². The molecule has 3 rings (SSSR count). The molecular weight excluding hydrogens is 342 g/mol. The van der Waals surface area contributed by atoms with Gasteiger partial charge in [0.15, 0.2) is 0 Å². The molecule has 1 aromatic carbocycles. The van der Waals surface area contributed by atoms with Crippen molar-refractivity contribution in [3.8, 4) is 11.3 Å². The predicted octanol–water partition coefficient (Wildman–Crippen LogP) is 3.60. The number of nitrogens with one attached hydrogen (secondary N) is 1. The number of carboxylic acids is 1. The zero-order valence-electron chi connectivity index (χ0n) is 15.7. The van der Waals surface area contributed by atoms with Crippen molar-refractivity contribution in [2.75, 3.05) is 0 Å². The standard InChI is InChI=1S/C21H23N3O3/c1-4-5-16(21(26)27)22-20(25)19-18(15-9-6-13(2)7-10-15)23-17-11-8-14(3)12-24(17)19/h6-12,16H,4-5H2,1-3H3,(H,22,25)(H,26,27). The van der Waals surface area contributed by atoms with Crippen molar-refractivity contribution in [3.63, 3.8) is 0 Å². The van der Waals surface area contributed by atoms with Gasteiger partial charge in [0.1, 0.15) is 23.1 Å². The van der Waals surface area contributed by atoms with Crippen LogP contribution in [0.15, 0.2) is 42.6 Å². The summed E-state index contributed by atoms with van der Waals surface area (Å²) in [5, 5.41) is 12.0. The van der Waals surface area contributed by atoms with Crippen LogP contribution in [0.1, 0.15) is 41.4 Å². The lowest BCUT2D eigenvalue weighted by Crippen LogP contribution is -2.41. The van der Waals surface area contributed by atoms with Gasteiger partial charge in [0.2, 0.25) is 0 Å². The topological polar surface area (TPSA) is 83.7 Å². The van der Waals surface area contributed by atoms with Gasteiger partial charge in [-0.05, 0) is 31.9 Å². The molecule has 1 amide bonds. The fraction of sp³-hybridized carbons (Fsp3) is 0.286. The van der Waals surface area contributed by atoms with Crippen molar-refractivity contribution in [1.82, 2.24) is 14.7 Å². The molecule has 0 aliphatic heterocycles. The van der Waals surface area contributed by atoms with Crippen LogP contribution in [0.3, 0.4) is 0 Å². The fourth-order valence-electron chi connectivity index (χ4n) is 3.05. The van der Waals surface area contributed by atoms with E-state index < -0.39 is 17.9 Å². The van der Waals surface area contributed by atoms with Crippen LogP contribution < -0.4 is 5.32 Å². The van der Waals surface area contributed by atoms with Gasteiger partial charge in [-0.3, -0.25) is 9.20 Å². The van der Waals surface area contributed by atoms with E-state index in [4.69, 9.17) is 0 Å². The van der Waals surface area contributed by atoms with Crippen molar-refractivity contribution in [1.29, 1.82) is 0 Å². The Bertz CT molecular complexity index is 990. The molecule has 27 heavy (non-hydrogen) atoms. The number of fused-ring (bicyclic) bond motifs is 1. The minimum atomic E-state index is -1.04. The molecule has 0 aliphatic rings. The number of pyridine rings is 1. The Morgan fingerprint density at radius 2 is 1.78 bits per heavy atom. The van der Waals surface area contributed by atoms with E-state index in [0.717, 1.165) is 16.7 Å². The van der Waals surface area contributed by atoms with Crippen molar-refractivity contribution < 1.29 is 14.7 Å². The highest BCUT2D eigenvalue weighted by atomic mass is 16.4. The molecule has 1 unspecified atom stereocenters. The monoisotopic (exact) mass is 365 g/mol. The second-order valence-corrected chi connectivity index (χ2v) is 6.76. The lowest BCUT2D eigenvalue weighted by atomic mass is 10.1. The number of carbonyl (C=O) groups is 2. The molecule has 0 radical (unpaired) electrons. The molecule has 2 N–H and O–H groups in total. The molecule has 0 fully saturated rings. The minimum absolute atomic E-state index is 0.347. The molecule has 0 spiro atoms. The van der Waals surface area contributed by atoms with Crippen molar-refractivity contribution >= 4 is 17.5 Å². The van der Waals surface area contributed by atoms with Gasteiger partial charge in [-0.2, -0.15) is 0 Å². The highest BCUT2D eigenvalue weighted by Gasteiger charge is 2.25. The van der Waals surface area contributed by atoms with Crippen LogP contribution in [0.4, 0.5) is 0 Å². The number of amides is 1. The molecular formula is C21H23N3O3. The molecule has 0 saturated heterocycles. The van der Waals surface area contributed by atoms with E-state index in [9.17, 15) is 14.7 Å². The molecule has 6 heteroatoms. The smallest absolute Gasteiger partial charge is 0.326 e. The maximum absolute atomic E-state index is 13.0. The van der Waals surface area contributed by atoms with E-state index in [1.165, 1.54) is 0 Å². The Hall–Kier alpha value is -3.15. The van der Waals surface area contributed by atoms with Crippen LogP contribution in [0.5, 0.6) is 0 Å². The predicted molar refractivity (Wildman–Crippen MR) is 104 cm³/mol. The van der Waals surface area contributed by atoms with Crippen LogP contribution in [-0.2, 0) is 4.79 Å². The Balaban J connectivity index is 2.12. The second kappa shape index (κ2) is 7.61. The first-order valence-electron chi connectivity index (χ1n) is 9.00. The summed E-state index contributed by atoms with van der Waals surface area (Å²) < 4.78 is 1.73.